The third kappa shape index (κ3) is 3.66. The van der Waals surface area contributed by atoms with Crippen molar-refractivity contribution in [2.45, 2.75) is 19.6 Å². The first-order chi connectivity index (χ1) is 9.13. The molecule has 2 heterocycles. The molecule has 1 aromatic heterocycles. The third-order valence-corrected chi connectivity index (χ3v) is 4.74. The number of methoxy groups -OCH3 is 1. The van der Waals surface area contributed by atoms with E-state index in [-0.39, 0.29) is 6.61 Å². The zero-order valence-corrected chi connectivity index (χ0v) is 12.7. The zero-order chi connectivity index (χ0) is 13.8. The second-order valence-corrected chi connectivity index (χ2v) is 6.32. The average Bonchev–Trinajstić information content (AvgIpc) is 2.96. The number of nitrogens with zero attached hydrogens (tertiary/aromatic N) is 3. The first-order valence-corrected chi connectivity index (χ1v) is 7.43. The molecule has 1 N–H and O–H groups in total. The van der Waals surface area contributed by atoms with Crippen LogP contribution in [-0.4, -0.2) is 55.8 Å². The number of aliphatic hydroxyl groups excluding tert-OH is 1. The molecule has 5 nitrogen and oxygen atoms in total. The fourth-order valence-corrected chi connectivity index (χ4v) is 3.44. The predicted molar refractivity (Wildman–Crippen MR) is 77.6 cm³/mol. The highest BCUT2D eigenvalue weighted by Gasteiger charge is 2.22. The van der Waals surface area contributed by atoms with Gasteiger partial charge in [-0.2, -0.15) is 0 Å². The third-order valence-electron chi connectivity index (χ3n) is 3.54. The molecule has 0 aliphatic carbocycles. The molecule has 19 heavy (non-hydrogen) atoms. The van der Waals surface area contributed by atoms with Gasteiger partial charge in [-0.25, -0.2) is 4.98 Å². The second-order valence-electron chi connectivity index (χ2n) is 5.25. The standard InChI is InChI=1S/C13H23N3O2S/c1-15-5-4-10(6-15)7-16(2)13-14-11(9-18-3)12(8-17)19-13/h10,17H,4-9H2,1-3H3. The van der Waals surface area contributed by atoms with Gasteiger partial charge in [0.2, 0.25) is 0 Å². The Morgan fingerprint density at radius 1 is 1.58 bits per heavy atom. The predicted octanol–water partition coefficient (Wildman–Crippen LogP) is 1.17. The Balaban J connectivity index is 2.00. The van der Waals surface area contributed by atoms with Gasteiger partial charge in [0.1, 0.15) is 0 Å². The summed E-state index contributed by atoms with van der Waals surface area (Å²) in [5, 5.41) is 10.3. The Labute approximate surface area is 118 Å². The number of hydrogen-bond donors (Lipinski definition) is 1. The highest BCUT2D eigenvalue weighted by atomic mass is 32.1. The van der Waals surface area contributed by atoms with E-state index in [1.54, 1.807) is 18.4 Å². The van der Waals surface area contributed by atoms with Crippen LogP contribution >= 0.6 is 11.3 Å². The van der Waals surface area contributed by atoms with Gasteiger partial charge in [-0.1, -0.05) is 11.3 Å². The lowest BCUT2D eigenvalue weighted by molar-refractivity contribution is 0.179. The van der Waals surface area contributed by atoms with E-state index in [9.17, 15) is 5.11 Å². The molecule has 1 unspecified atom stereocenters. The topological polar surface area (TPSA) is 48.8 Å². The van der Waals surface area contributed by atoms with Gasteiger partial charge in [-0.05, 0) is 25.9 Å². The molecule has 6 heteroatoms. The fourth-order valence-electron chi connectivity index (χ4n) is 2.55. The lowest BCUT2D eigenvalue weighted by Crippen LogP contribution is -2.27. The molecule has 108 valence electrons. The summed E-state index contributed by atoms with van der Waals surface area (Å²) in [5.41, 5.74) is 0.861. The molecule has 0 saturated carbocycles. The van der Waals surface area contributed by atoms with Crippen LogP contribution in [0, 0.1) is 5.92 Å². The summed E-state index contributed by atoms with van der Waals surface area (Å²) in [6, 6.07) is 0. The van der Waals surface area contributed by atoms with E-state index in [0.717, 1.165) is 28.8 Å². The van der Waals surface area contributed by atoms with Crippen LogP contribution in [0.25, 0.3) is 0 Å². The van der Waals surface area contributed by atoms with Crippen molar-refractivity contribution in [2.75, 3.05) is 45.7 Å². The summed E-state index contributed by atoms with van der Waals surface area (Å²) >= 11 is 1.56. The summed E-state index contributed by atoms with van der Waals surface area (Å²) < 4.78 is 5.12. The highest BCUT2D eigenvalue weighted by Crippen LogP contribution is 2.27. The van der Waals surface area contributed by atoms with E-state index in [0.29, 0.717) is 12.5 Å². The number of aliphatic hydroxyl groups is 1. The van der Waals surface area contributed by atoms with Crippen molar-refractivity contribution in [1.29, 1.82) is 0 Å². The van der Waals surface area contributed by atoms with Crippen LogP contribution in [0.1, 0.15) is 17.0 Å². The van der Waals surface area contributed by atoms with Crippen LogP contribution in [0.4, 0.5) is 5.13 Å². The van der Waals surface area contributed by atoms with E-state index in [1.807, 2.05) is 0 Å². The maximum atomic E-state index is 9.35. The largest absolute Gasteiger partial charge is 0.391 e. The van der Waals surface area contributed by atoms with Crippen molar-refractivity contribution >= 4 is 16.5 Å². The number of hydrogen-bond acceptors (Lipinski definition) is 6. The Bertz CT molecular complexity index is 411. The van der Waals surface area contributed by atoms with Gasteiger partial charge in [0.05, 0.1) is 23.8 Å². The first-order valence-electron chi connectivity index (χ1n) is 6.62. The van der Waals surface area contributed by atoms with Crippen molar-refractivity contribution in [3.63, 3.8) is 0 Å². The number of ether oxygens (including phenoxy) is 1. The highest BCUT2D eigenvalue weighted by molar-refractivity contribution is 7.15. The summed E-state index contributed by atoms with van der Waals surface area (Å²) in [6.07, 6.45) is 1.25. The number of aromatic nitrogens is 1. The number of thiazole rings is 1. The quantitative estimate of drug-likeness (QED) is 0.850. The molecule has 0 spiro atoms. The Morgan fingerprint density at radius 2 is 2.37 bits per heavy atom. The molecule has 0 bridgehead atoms. The summed E-state index contributed by atoms with van der Waals surface area (Å²) in [5.74, 6) is 0.711. The van der Waals surface area contributed by atoms with Crippen LogP contribution in [0.15, 0.2) is 0 Å². The average molecular weight is 285 g/mol. The lowest BCUT2D eigenvalue weighted by atomic mass is 10.1. The van der Waals surface area contributed by atoms with Gasteiger partial charge in [0, 0.05) is 27.2 Å². The molecule has 1 fully saturated rings. The molecule has 0 radical (unpaired) electrons. The molecule has 1 atom stereocenters. The van der Waals surface area contributed by atoms with E-state index >= 15 is 0 Å². The minimum Gasteiger partial charge on any atom is -0.391 e. The summed E-state index contributed by atoms with van der Waals surface area (Å²) in [6.45, 7) is 3.87. The van der Waals surface area contributed by atoms with Crippen molar-refractivity contribution < 1.29 is 9.84 Å². The lowest BCUT2D eigenvalue weighted by Gasteiger charge is -2.20. The van der Waals surface area contributed by atoms with Crippen LogP contribution < -0.4 is 4.90 Å². The molecule has 1 aliphatic rings. The number of rotatable bonds is 6. The molecule has 1 aliphatic heterocycles. The van der Waals surface area contributed by atoms with E-state index in [1.165, 1.54) is 13.0 Å². The van der Waals surface area contributed by atoms with Crippen molar-refractivity contribution in [1.82, 2.24) is 9.88 Å². The van der Waals surface area contributed by atoms with Crippen LogP contribution in [-0.2, 0) is 18.0 Å². The molecular weight excluding hydrogens is 262 g/mol. The van der Waals surface area contributed by atoms with E-state index in [4.69, 9.17) is 4.74 Å². The molecule has 1 saturated heterocycles. The fraction of sp³-hybridized carbons (Fsp3) is 0.769. The van der Waals surface area contributed by atoms with Gasteiger partial charge in [0.25, 0.3) is 0 Å². The van der Waals surface area contributed by atoms with Crippen molar-refractivity contribution in [2.24, 2.45) is 5.92 Å². The summed E-state index contributed by atoms with van der Waals surface area (Å²) in [7, 11) is 5.90. The minimum atomic E-state index is 0.0381. The van der Waals surface area contributed by atoms with Gasteiger partial charge in [0.15, 0.2) is 5.13 Å². The maximum Gasteiger partial charge on any atom is 0.185 e. The monoisotopic (exact) mass is 285 g/mol. The van der Waals surface area contributed by atoms with Crippen LogP contribution in [0.3, 0.4) is 0 Å². The zero-order valence-electron chi connectivity index (χ0n) is 11.9. The first kappa shape index (κ1) is 14.7. The van der Waals surface area contributed by atoms with Gasteiger partial charge in [-0.3, -0.25) is 0 Å². The Kier molecular flexibility index (Phi) is 5.15. The van der Waals surface area contributed by atoms with Gasteiger partial charge < -0.3 is 19.6 Å². The SMILES string of the molecule is COCc1nc(N(C)CC2CCN(C)C2)sc1CO. The normalized spacial score (nSPS) is 20.1. The number of likely N-dealkylation sites (tertiary alicyclic amines) is 1. The second kappa shape index (κ2) is 6.65. The van der Waals surface area contributed by atoms with Crippen LogP contribution in [0.2, 0.25) is 0 Å². The number of anilines is 1. The minimum absolute atomic E-state index is 0.0381. The van der Waals surface area contributed by atoms with E-state index in [2.05, 4.69) is 28.9 Å². The van der Waals surface area contributed by atoms with Crippen molar-refractivity contribution in [3.05, 3.63) is 10.6 Å². The molecule has 2 rings (SSSR count). The van der Waals surface area contributed by atoms with Gasteiger partial charge >= 0.3 is 0 Å². The van der Waals surface area contributed by atoms with Crippen molar-refractivity contribution in [3.8, 4) is 0 Å². The smallest absolute Gasteiger partial charge is 0.185 e. The Morgan fingerprint density at radius 3 is 2.95 bits per heavy atom. The molecular formula is C13H23N3O2S. The Hall–Kier alpha value is -0.690. The summed E-state index contributed by atoms with van der Waals surface area (Å²) in [4.78, 5) is 10.1. The van der Waals surface area contributed by atoms with Crippen LogP contribution in [0.5, 0.6) is 0 Å². The molecule has 0 amide bonds. The molecule has 1 aromatic rings. The van der Waals surface area contributed by atoms with E-state index < -0.39 is 0 Å². The van der Waals surface area contributed by atoms with Gasteiger partial charge in [-0.15, -0.1) is 0 Å². The molecule has 0 aromatic carbocycles. The maximum absolute atomic E-state index is 9.35.